The summed E-state index contributed by atoms with van der Waals surface area (Å²) in [7, 11) is 0. The van der Waals surface area contributed by atoms with E-state index in [0.717, 1.165) is 21.8 Å². The Hall–Kier alpha value is -1.03. The van der Waals surface area contributed by atoms with Gasteiger partial charge in [0.1, 0.15) is 12.4 Å². The Labute approximate surface area is 133 Å². The van der Waals surface area contributed by atoms with E-state index in [9.17, 15) is 0 Å². The molecule has 0 saturated heterocycles. The van der Waals surface area contributed by atoms with Crippen molar-refractivity contribution >= 4 is 27.5 Å². The van der Waals surface area contributed by atoms with Gasteiger partial charge in [-0.15, -0.1) is 0 Å². The molecule has 0 radical (unpaired) electrons. The maximum Gasteiger partial charge on any atom is 0.120 e. The molecule has 0 aromatic heterocycles. The van der Waals surface area contributed by atoms with Gasteiger partial charge < -0.3 is 10.1 Å². The number of benzene rings is 2. The summed E-state index contributed by atoms with van der Waals surface area (Å²) in [5.41, 5.74) is 1.18. The zero-order valence-corrected chi connectivity index (χ0v) is 13.6. The third-order valence-corrected chi connectivity index (χ3v) is 3.69. The fourth-order valence-electron chi connectivity index (χ4n) is 1.89. The highest BCUT2D eigenvalue weighted by Gasteiger charge is 2.04. The molecule has 2 aromatic carbocycles. The molecule has 1 atom stereocenters. The van der Waals surface area contributed by atoms with Crippen LogP contribution in [0.5, 0.6) is 5.75 Å². The summed E-state index contributed by atoms with van der Waals surface area (Å²) in [6.07, 6.45) is 0. The highest BCUT2D eigenvalue weighted by atomic mass is 79.9. The van der Waals surface area contributed by atoms with Crippen molar-refractivity contribution < 1.29 is 4.74 Å². The molecule has 0 amide bonds. The third kappa shape index (κ3) is 4.82. The van der Waals surface area contributed by atoms with E-state index in [-0.39, 0.29) is 6.04 Å². The van der Waals surface area contributed by atoms with Crippen molar-refractivity contribution in [3.05, 3.63) is 63.6 Å². The monoisotopic (exact) mass is 353 g/mol. The molecule has 2 aromatic rings. The topological polar surface area (TPSA) is 21.3 Å². The van der Waals surface area contributed by atoms with Crippen LogP contribution in [0.1, 0.15) is 18.5 Å². The van der Waals surface area contributed by atoms with E-state index in [0.29, 0.717) is 6.61 Å². The summed E-state index contributed by atoms with van der Waals surface area (Å²) >= 11 is 9.41. The minimum atomic E-state index is 0.250. The SMILES string of the molecule is CC(NCCOc1cccc(Br)c1)c1cccc(Cl)c1. The Morgan fingerprint density at radius 1 is 1.20 bits per heavy atom. The molecule has 4 heteroatoms. The molecule has 0 heterocycles. The molecule has 20 heavy (non-hydrogen) atoms. The van der Waals surface area contributed by atoms with Gasteiger partial charge in [0.15, 0.2) is 0 Å². The maximum absolute atomic E-state index is 5.99. The maximum atomic E-state index is 5.99. The molecule has 1 unspecified atom stereocenters. The van der Waals surface area contributed by atoms with Crippen molar-refractivity contribution in [1.29, 1.82) is 0 Å². The van der Waals surface area contributed by atoms with Gasteiger partial charge in [0, 0.05) is 22.1 Å². The first kappa shape index (κ1) is 15.4. The van der Waals surface area contributed by atoms with E-state index in [1.807, 2.05) is 42.5 Å². The van der Waals surface area contributed by atoms with Crippen LogP contribution in [0.25, 0.3) is 0 Å². The van der Waals surface area contributed by atoms with Crippen molar-refractivity contribution in [3.63, 3.8) is 0 Å². The average molecular weight is 355 g/mol. The molecule has 1 N–H and O–H groups in total. The fourth-order valence-corrected chi connectivity index (χ4v) is 2.47. The van der Waals surface area contributed by atoms with E-state index >= 15 is 0 Å². The van der Waals surface area contributed by atoms with Crippen molar-refractivity contribution in [2.75, 3.05) is 13.2 Å². The number of hydrogen-bond donors (Lipinski definition) is 1. The quantitative estimate of drug-likeness (QED) is 0.750. The third-order valence-electron chi connectivity index (χ3n) is 2.97. The lowest BCUT2D eigenvalue weighted by Crippen LogP contribution is -2.24. The summed E-state index contributed by atoms with van der Waals surface area (Å²) in [6, 6.07) is 16.0. The Morgan fingerprint density at radius 3 is 2.75 bits per heavy atom. The van der Waals surface area contributed by atoms with Crippen LogP contribution < -0.4 is 10.1 Å². The molecular weight excluding hydrogens is 338 g/mol. The van der Waals surface area contributed by atoms with Gasteiger partial charge in [0.05, 0.1) is 0 Å². The van der Waals surface area contributed by atoms with Crippen molar-refractivity contribution in [1.82, 2.24) is 5.32 Å². The van der Waals surface area contributed by atoms with Gasteiger partial charge in [0.25, 0.3) is 0 Å². The summed E-state index contributed by atoms with van der Waals surface area (Å²) in [5, 5.41) is 4.18. The minimum absolute atomic E-state index is 0.250. The summed E-state index contributed by atoms with van der Waals surface area (Å²) in [5.74, 6) is 0.872. The molecule has 0 saturated carbocycles. The highest BCUT2D eigenvalue weighted by Crippen LogP contribution is 2.18. The van der Waals surface area contributed by atoms with Crippen LogP contribution in [-0.4, -0.2) is 13.2 Å². The van der Waals surface area contributed by atoms with Gasteiger partial charge in [0.2, 0.25) is 0 Å². The Kier molecular flexibility index (Phi) is 5.89. The van der Waals surface area contributed by atoms with Crippen molar-refractivity contribution in [2.45, 2.75) is 13.0 Å². The molecule has 106 valence electrons. The van der Waals surface area contributed by atoms with Gasteiger partial charge in [-0.05, 0) is 42.8 Å². The Balaban J connectivity index is 1.76. The number of ether oxygens (including phenoxy) is 1. The number of nitrogens with one attached hydrogen (secondary N) is 1. The zero-order chi connectivity index (χ0) is 14.4. The Bertz CT molecular complexity index is 562. The van der Waals surface area contributed by atoms with E-state index in [1.54, 1.807) is 0 Å². The summed E-state index contributed by atoms with van der Waals surface area (Å²) < 4.78 is 6.70. The van der Waals surface area contributed by atoms with E-state index in [2.05, 4.69) is 34.2 Å². The second-order valence-corrected chi connectivity index (χ2v) is 5.89. The van der Waals surface area contributed by atoms with E-state index in [4.69, 9.17) is 16.3 Å². The second-order valence-electron chi connectivity index (χ2n) is 4.54. The lowest BCUT2D eigenvalue weighted by Gasteiger charge is -2.15. The predicted molar refractivity (Wildman–Crippen MR) is 87.5 cm³/mol. The van der Waals surface area contributed by atoms with Crippen LogP contribution >= 0.6 is 27.5 Å². The highest BCUT2D eigenvalue weighted by molar-refractivity contribution is 9.10. The first-order chi connectivity index (χ1) is 9.65. The standard InChI is InChI=1S/C16H17BrClNO/c1-12(13-4-2-6-15(18)10-13)19-8-9-20-16-7-3-5-14(17)11-16/h2-7,10-12,19H,8-9H2,1H3. The van der Waals surface area contributed by atoms with Crippen LogP contribution in [0.4, 0.5) is 0 Å². The Morgan fingerprint density at radius 2 is 2.00 bits per heavy atom. The van der Waals surface area contributed by atoms with Crippen LogP contribution in [0.15, 0.2) is 53.0 Å². The van der Waals surface area contributed by atoms with Crippen LogP contribution in [0.3, 0.4) is 0 Å². The molecule has 0 spiro atoms. The largest absolute Gasteiger partial charge is 0.492 e. The summed E-state index contributed by atoms with van der Waals surface area (Å²) in [4.78, 5) is 0. The molecular formula is C16H17BrClNO. The lowest BCUT2D eigenvalue weighted by molar-refractivity contribution is 0.307. The first-order valence-electron chi connectivity index (χ1n) is 6.52. The normalized spacial score (nSPS) is 12.2. The van der Waals surface area contributed by atoms with Crippen LogP contribution in [0.2, 0.25) is 5.02 Å². The predicted octanol–water partition coefficient (Wildman–Crippen LogP) is 4.83. The molecule has 0 aliphatic carbocycles. The average Bonchev–Trinajstić information content (AvgIpc) is 2.43. The number of halogens is 2. The van der Waals surface area contributed by atoms with Gasteiger partial charge >= 0.3 is 0 Å². The number of hydrogen-bond acceptors (Lipinski definition) is 2. The van der Waals surface area contributed by atoms with Crippen molar-refractivity contribution in [2.24, 2.45) is 0 Å². The van der Waals surface area contributed by atoms with Crippen molar-refractivity contribution in [3.8, 4) is 5.75 Å². The molecule has 0 fully saturated rings. The van der Waals surface area contributed by atoms with Gasteiger partial charge in [-0.3, -0.25) is 0 Å². The smallest absolute Gasteiger partial charge is 0.120 e. The molecule has 0 aliphatic rings. The molecule has 2 nitrogen and oxygen atoms in total. The van der Waals surface area contributed by atoms with E-state index in [1.165, 1.54) is 5.56 Å². The molecule has 2 rings (SSSR count). The molecule has 0 bridgehead atoms. The van der Waals surface area contributed by atoms with Gasteiger partial charge in [-0.25, -0.2) is 0 Å². The minimum Gasteiger partial charge on any atom is -0.492 e. The van der Waals surface area contributed by atoms with Crippen LogP contribution in [0, 0.1) is 0 Å². The van der Waals surface area contributed by atoms with Crippen LogP contribution in [-0.2, 0) is 0 Å². The second kappa shape index (κ2) is 7.67. The molecule has 0 aliphatic heterocycles. The van der Waals surface area contributed by atoms with E-state index < -0.39 is 0 Å². The lowest BCUT2D eigenvalue weighted by atomic mass is 10.1. The van der Waals surface area contributed by atoms with Gasteiger partial charge in [-0.1, -0.05) is 45.7 Å². The fraction of sp³-hybridized carbons (Fsp3) is 0.250. The number of rotatable bonds is 6. The summed E-state index contributed by atoms with van der Waals surface area (Å²) in [6.45, 7) is 3.52. The van der Waals surface area contributed by atoms with Gasteiger partial charge in [-0.2, -0.15) is 0 Å². The first-order valence-corrected chi connectivity index (χ1v) is 7.69. The zero-order valence-electron chi connectivity index (χ0n) is 11.3.